The molecule has 0 unspecified atom stereocenters. The zero-order chi connectivity index (χ0) is 18.2. The summed E-state index contributed by atoms with van der Waals surface area (Å²) in [6.07, 6.45) is 0. The topological polar surface area (TPSA) is 69.4 Å². The van der Waals surface area contributed by atoms with E-state index < -0.39 is 20.6 Å². The van der Waals surface area contributed by atoms with Crippen LogP contribution in [0.2, 0.25) is 10.0 Å². The third-order valence-corrected chi connectivity index (χ3v) is 7.38. The summed E-state index contributed by atoms with van der Waals surface area (Å²) >= 11 is 11.8. The molecule has 0 heterocycles. The smallest absolute Gasteiger partial charge is 0.183 e. The van der Waals surface area contributed by atoms with Crippen molar-refractivity contribution >= 4 is 33.0 Å². The highest BCUT2D eigenvalue weighted by molar-refractivity contribution is 7.92. The van der Waals surface area contributed by atoms with Gasteiger partial charge in [-0.2, -0.15) is 0 Å². The highest BCUT2D eigenvalue weighted by Crippen LogP contribution is 2.55. The summed E-state index contributed by atoms with van der Waals surface area (Å²) in [5.41, 5.74) is 6.35. The van der Waals surface area contributed by atoms with Crippen LogP contribution in [0.5, 0.6) is 0 Å². The number of hydrogen-bond donors (Lipinski definition) is 1. The van der Waals surface area contributed by atoms with Crippen molar-refractivity contribution in [2.75, 3.05) is 13.2 Å². The summed E-state index contributed by atoms with van der Waals surface area (Å²) in [5, 5.41) is 0.320. The van der Waals surface area contributed by atoms with Gasteiger partial charge in [-0.1, -0.05) is 35.3 Å². The van der Waals surface area contributed by atoms with Crippen LogP contribution in [0.1, 0.15) is 18.4 Å². The Morgan fingerprint density at radius 2 is 1.56 bits per heavy atom. The van der Waals surface area contributed by atoms with Crippen molar-refractivity contribution in [2.24, 2.45) is 5.73 Å². The van der Waals surface area contributed by atoms with Crippen LogP contribution in [-0.2, 0) is 14.6 Å². The Morgan fingerprint density at radius 3 is 2.08 bits per heavy atom. The molecule has 0 radical (unpaired) electrons. The molecule has 134 valence electrons. The van der Waals surface area contributed by atoms with Crippen molar-refractivity contribution in [1.29, 1.82) is 0 Å². The van der Waals surface area contributed by atoms with E-state index in [1.54, 1.807) is 24.3 Å². The molecule has 2 N–H and O–H groups in total. The number of hydrogen-bond acceptors (Lipinski definition) is 4. The lowest BCUT2D eigenvalue weighted by Crippen LogP contribution is -2.36. The maximum Gasteiger partial charge on any atom is 0.183 e. The van der Waals surface area contributed by atoms with Gasteiger partial charge in [0.1, 0.15) is 0 Å². The van der Waals surface area contributed by atoms with Gasteiger partial charge in [-0.05, 0) is 48.9 Å². The van der Waals surface area contributed by atoms with E-state index in [-0.39, 0.29) is 17.4 Å². The highest BCUT2D eigenvalue weighted by Gasteiger charge is 2.69. The lowest BCUT2D eigenvalue weighted by atomic mass is 10.1. The van der Waals surface area contributed by atoms with E-state index in [1.165, 1.54) is 12.1 Å². The minimum absolute atomic E-state index is 0.175. The first-order chi connectivity index (χ1) is 11.8. The molecular weight excluding hydrogens is 381 g/mol. The predicted octanol–water partition coefficient (Wildman–Crippen LogP) is 3.67. The zero-order valence-corrected chi connectivity index (χ0v) is 16.0. The van der Waals surface area contributed by atoms with Crippen molar-refractivity contribution < 1.29 is 13.2 Å². The fourth-order valence-corrected chi connectivity index (χ4v) is 5.81. The second-order valence-corrected chi connectivity index (χ2v) is 9.14. The molecule has 0 aliphatic heterocycles. The Labute approximate surface area is 157 Å². The molecule has 0 saturated heterocycles. The first-order valence-electron chi connectivity index (χ1n) is 7.92. The third kappa shape index (κ3) is 3.44. The van der Waals surface area contributed by atoms with Gasteiger partial charge in [-0.3, -0.25) is 0 Å². The Bertz CT molecular complexity index is 853. The monoisotopic (exact) mass is 399 g/mol. The summed E-state index contributed by atoms with van der Waals surface area (Å²) in [5.74, 6) is -0.350. The summed E-state index contributed by atoms with van der Waals surface area (Å²) in [7, 11) is -3.62. The molecule has 7 heteroatoms. The van der Waals surface area contributed by atoms with Gasteiger partial charge in [-0.15, -0.1) is 0 Å². The molecular formula is C18H19Cl2NO3S. The van der Waals surface area contributed by atoms with Gasteiger partial charge >= 0.3 is 0 Å². The second kappa shape index (κ2) is 6.89. The summed E-state index contributed by atoms with van der Waals surface area (Å²) in [4.78, 5) is 0.213. The molecule has 1 fully saturated rings. The summed E-state index contributed by atoms with van der Waals surface area (Å²) in [6, 6.07) is 13.3. The molecule has 3 atom stereocenters. The fourth-order valence-electron chi connectivity index (χ4n) is 3.27. The van der Waals surface area contributed by atoms with Crippen molar-refractivity contribution in [1.82, 2.24) is 0 Å². The first kappa shape index (κ1) is 18.7. The van der Waals surface area contributed by atoms with E-state index in [9.17, 15) is 8.42 Å². The SMILES string of the molecule is CCOC[C@]1(N)[C@H](c2ccc(Cl)cc2)[C@H]1S(=O)(=O)c1ccc(Cl)cc1. The average Bonchev–Trinajstić information content (AvgIpc) is 3.21. The van der Waals surface area contributed by atoms with Crippen LogP contribution in [0.3, 0.4) is 0 Å². The number of halogens is 2. The van der Waals surface area contributed by atoms with E-state index in [4.69, 9.17) is 33.7 Å². The summed E-state index contributed by atoms with van der Waals surface area (Å²) < 4.78 is 31.7. The van der Waals surface area contributed by atoms with E-state index in [0.717, 1.165) is 5.56 Å². The second-order valence-electron chi connectivity index (χ2n) is 6.20. The highest BCUT2D eigenvalue weighted by atomic mass is 35.5. The van der Waals surface area contributed by atoms with Crippen LogP contribution in [0.15, 0.2) is 53.4 Å². The number of nitrogens with two attached hydrogens (primary N) is 1. The van der Waals surface area contributed by atoms with Gasteiger partial charge in [0.2, 0.25) is 0 Å². The maximum atomic E-state index is 13.1. The van der Waals surface area contributed by atoms with Crippen LogP contribution < -0.4 is 5.73 Å². The van der Waals surface area contributed by atoms with Crippen molar-refractivity contribution in [3.63, 3.8) is 0 Å². The molecule has 25 heavy (non-hydrogen) atoms. The van der Waals surface area contributed by atoms with Crippen molar-refractivity contribution in [3.05, 3.63) is 64.1 Å². The lowest BCUT2D eigenvalue weighted by Gasteiger charge is -2.12. The molecule has 1 aliphatic carbocycles. The molecule has 0 bridgehead atoms. The van der Waals surface area contributed by atoms with Gasteiger partial charge in [0.15, 0.2) is 9.84 Å². The minimum atomic E-state index is -3.62. The van der Waals surface area contributed by atoms with E-state index in [0.29, 0.717) is 16.7 Å². The Balaban J connectivity index is 1.99. The van der Waals surface area contributed by atoms with Gasteiger partial charge in [0.25, 0.3) is 0 Å². The molecule has 1 aliphatic rings. The lowest BCUT2D eigenvalue weighted by molar-refractivity contribution is 0.125. The van der Waals surface area contributed by atoms with E-state index in [1.807, 2.05) is 19.1 Å². The van der Waals surface area contributed by atoms with Crippen LogP contribution in [0.4, 0.5) is 0 Å². The average molecular weight is 400 g/mol. The first-order valence-corrected chi connectivity index (χ1v) is 10.2. The Hall–Kier alpha value is -1.11. The maximum absolute atomic E-state index is 13.1. The van der Waals surface area contributed by atoms with Crippen LogP contribution >= 0.6 is 23.2 Å². The number of benzene rings is 2. The standard InChI is InChI=1S/C18H19Cl2NO3S/c1-2-24-11-18(21)16(12-3-5-13(19)6-4-12)17(18)25(22,23)15-9-7-14(20)8-10-15/h3-10,16-17H,2,11,21H2,1H3/t16-,17-,18+/m1/s1. The van der Waals surface area contributed by atoms with Gasteiger partial charge < -0.3 is 10.5 Å². The quantitative estimate of drug-likeness (QED) is 0.804. The molecule has 0 aromatic heterocycles. The Morgan fingerprint density at radius 1 is 1.04 bits per heavy atom. The zero-order valence-electron chi connectivity index (χ0n) is 13.7. The molecule has 0 spiro atoms. The van der Waals surface area contributed by atoms with Crippen LogP contribution in [0, 0.1) is 0 Å². The van der Waals surface area contributed by atoms with E-state index >= 15 is 0 Å². The van der Waals surface area contributed by atoms with E-state index in [2.05, 4.69) is 0 Å². The van der Waals surface area contributed by atoms with Crippen molar-refractivity contribution in [3.8, 4) is 0 Å². The molecule has 1 saturated carbocycles. The van der Waals surface area contributed by atoms with Gasteiger partial charge in [-0.25, -0.2) is 8.42 Å². The molecule has 2 aromatic rings. The van der Waals surface area contributed by atoms with Crippen LogP contribution in [-0.4, -0.2) is 32.4 Å². The summed E-state index contributed by atoms with van der Waals surface area (Å²) in [6.45, 7) is 2.50. The number of sulfone groups is 1. The third-order valence-electron chi connectivity index (χ3n) is 4.56. The molecule has 4 nitrogen and oxygen atoms in total. The number of ether oxygens (including phenoxy) is 1. The van der Waals surface area contributed by atoms with Gasteiger partial charge in [0.05, 0.1) is 22.3 Å². The van der Waals surface area contributed by atoms with Gasteiger partial charge in [0, 0.05) is 22.6 Å². The normalized spacial score (nSPS) is 25.8. The predicted molar refractivity (Wildman–Crippen MR) is 100 cm³/mol. The Kier molecular flexibility index (Phi) is 5.15. The molecule has 0 amide bonds. The molecule has 2 aromatic carbocycles. The number of rotatable bonds is 6. The molecule has 3 rings (SSSR count). The fraction of sp³-hybridized carbons (Fsp3) is 0.333. The largest absolute Gasteiger partial charge is 0.380 e. The minimum Gasteiger partial charge on any atom is -0.380 e. The van der Waals surface area contributed by atoms with Crippen LogP contribution in [0.25, 0.3) is 0 Å². The van der Waals surface area contributed by atoms with Crippen molar-refractivity contribution in [2.45, 2.75) is 28.5 Å².